The van der Waals surface area contributed by atoms with Crippen LogP contribution in [-0.4, -0.2) is 166 Å². The van der Waals surface area contributed by atoms with E-state index < -0.39 is 89.1 Å². The van der Waals surface area contributed by atoms with Gasteiger partial charge in [-0.1, -0.05) is 12.1 Å². The minimum atomic E-state index is -1.22. The molecule has 20 heteroatoms. The minimum absolute atomic E-state index is 0.00726. The van der Waals surface area contributed by atoms with Gasteiger partial charge in [-0.15, -0.1) is 0 Å². The third kappa shape index (κ3) is 13.0. The lowest BCUT2D eigenvalue weighted by Crippen LogP contribution is -2.55. The third-order valence-electron chi connectivity index (χ3n) is 10.9. The number of hydrogen-bond acceptors (Lipinski definition) is 18. The first-order chi connectivity index (χ1) is 30.4. The van der Waals surface area contributed by atoms with Crippen LogP contribution < -0.4 is 15.4 Å². The highest BCUT2D eigenvalue weighted by molar-refractivity contribution is 7.80. The van der Waals surface area contributed by atoms with Crippen molar-refractivity contribution in [3.8, 4) is 17.2 Å². The first kappa shape index (κ1) is 49.8. The van der Waals surface area contributed by atoms with Crippen LogP contribution in [0.3, 0.4) is 0 Å². The number of rotatable bonds is 26. The lowest BCUT2D eigenvalue weighted by atomic mass is 9.73. The molecule has 0 aromatic heterocycles. The van der Waals surface area contributed by atoms with E-state index in [2.05, 4.69) is 23.3 Å². The summed E-state index contributed by atoms with van der Waals surface area (Å²) in [6.07, 6.45) is -5.15. The Morgan fingerprint density at radius 1 is 0.810 bits per heavy atom. The highest BCUT2D eigenvalue weighted by atomic mass is 32.1. The van der Waals surface area contributed by atoms with Gasteiger partial charge in [0, 0.05) is 54.2 Å². The molecule has 63 heavy (non-hydrogen) atoms. The Balaban J connectivity index is 1.09. The topological polar surface area (TPSA) is 264 Å². The largest absolute Gasteiger partial charge is 0.507 e. The number of aromatic hydroxyl groups is 2. The number of amides is 2. The van der Waals surface area contributed by atoms with Crippen molar-refractivity contribution in [3.63, 3.8) is 0 Å². The summed E-state index contributed by atoms with van der Waals surface area (Å²) in [7, 11) is 1.33. The number of carbonyl (C=O) groups excluding carboxylic acids is 5. The Morgan fingerprint density at radius 3 is 2.03 bits per heavy atom. The molecule has 2 amide bonds. The lowest BCUT2D eigenvalue weighted by Gasteiger charge is -2.41. The van der Waals surface area contributed by atoms with E-state index in [1.165, 1.54) is 25.3 Å². The van der Waals surface area contributed by atoms with Crippen molar-refractivity contribution in [2.24, 2.45) is 5.92 Å². The van der Waals surface area contributed by atoms with Gasteiger partial charge in [0.25, 0.3) is 0 Å². The van der Waals surface area contributed by atoms with Crippen molar-refractivity contribution >= 4 is 41.8 Å². The summed E-state index contributed by atoms with van der Waals surface area (Å²) >= 11 is 4.06. The molecule has 2 aromatic rings. The molecule has 4 unspecified atom stereocenters. The molecule has 5 rings (SSSR count). The van der Waals surface area contributed by atoms with Crippen molar-refractivity contribution < 1.29 is 82.3 Å². The van der Waals surface area contributed by atoms with Crippen molar-refractivity contribution in [3.05, 3.63) is 51.6 Å². The molecule has 6 N–H and O–H groups in total. The summed E-state index contributed by atoms with van der Waals surface area (Å²) in [6, 6.07) is 3.50. The fourth-order valence-electron chi connectivity index (χ4n) is 7.74. The van der Waals surface area contributed by atoms with Gasteiger partial charge in [0.15, 0.2) is 17.9 Å². The molecule has 348 valence electrons. The second-order valence-electron chi connectivity index (χ2n) is 15.1. The van der Waals surface area contributed by atoms with Gasteiger partial charge in [0.1, 0.15) is 30.0 Å². The third-order valence-corrected chi connectivity index (χ3v) is 11.1. The van der Waals surface area contributed by atoms with E-state index in [0.29, 0.717) is 65.2 Å². The molecular weight excluding hydrogens is 849 g/mol. The van der Waals surface area contributed by atoms with Crippen LogP contribution in [0.2, 0.25) is 0 Å². The first-order valence-corrected chi connectivity index (χ1v) is 21.6. The van der Waals surface area contributed by atoms with Gasteiger partial charge in [-0.25, -0.2) is 0 Å². The van der Waals surface area contributed by atoms with Gasteiger partial charge < -0.3 is 69.0 Å². The maximum absolute atomic E-state index is 13.9. The summed E-state index contributed by atoms with van der Waals surface area (Å²) in [4.78, 5) is 66.0. The Morgan fingerprint density at radius 2 is 1.41 bits per heavy atom. The standard InChI is InChI=1S/C43H58N2O17S/c1-24-39(50)28(45-33(49)7-6-32(48)44-8-9-56-10-11-57-12-13-58-14-15-59-16-17-60-18-19-63)22-34(61-24)62-31-21-25(29(47)23-46)20-27-36(31)43(54)38-37(41(27)52)40(51)26-4-3-5-30(55-2)35(26)42(38)53/h3-5,24-25,28,31,34,39,46,50,52,54,63H,6-23H2,1-2H3,(H,44,48)(H,45,49)/t24?,25?,28?,31-,34-,39?/m0/s1. The molecule has 1 heterocycles. The number of methoxy groups -OCH3 is 1. The fraction of sp³-hybridized carbons (Fsp3) is 0.605. The van der Waals surface area contributed by atoms with Crippen LogP contribution in [-0.2, 0) is 54.0 Å². The predicted molar refractivity (Wildman–Crippen MR) is 224 cm³/mol. The van der Waals surface area contributed by atoms with E-state index in [4.69, 9.17) is 37.9 Å². The highest BCUT2D eigenvalue weighted by Crippen LogP contribution is 2.51. The van der Waals surface area contributed by atoms with Gasteiger partial charge in [-0.05, 0) is 25.8 Å². The number of aliphatic hydroxyl groups excluding tert-OH is 2. The number of ketones is 3. The van der Waals surface area contributed by atoms with Gasteiger partial charge in [-0.2, -0.15) is 12.6 Å². The summed E-state index contributed by atoms with van der Waals surface area (Å²) in [5.74, 6) is -4.38. The zero-order chi connectivity index (χ0) is 45.5. The van der Waals surface area contributed by atoms with E-state index in [9.17, 15) is 44.4 Å². The summed E-state index contributed by atoms with van der Waals surface area (Å²) < 4.78 is 44.6. The number of fused-ring (bicyclic) bond motifs is 3. The molecule has 1 fully saturated rings. The summed E-state index contributed by atoms with van der Waals surface area (Å²) in [5, 5.41) is 49.5. The van der Waals surface area contributed by atoms with E-state index in [1.54, 1.807) is 6.92 Å². The number of ether oxygens (including phenoxy) is 8. The maximum Gasteiger partial charge on any atom is 0.220 e. The molecule has 0 spiro atoms. The molecule has 2 aliphatic carbocycles. The second-order valence-corrected chi connectivity index (χ2v) is 15.5. The van der Waals surface area contributed by atoms with Crippen molar-refractivity contribution in [1.29, 1.82) is 0 Å². The van der Waals surface area contributed by atoms with E-state index in [0.717, 1.165) is 0 Å². The van der Waals surface area contributed by atoms with E-state index in [-0.39, 0.29) is 79.2 Å². The number of hydrogen-bond donors (Lipinski definition) is 7. The zero-order valence-corrected chi connectivity index (χ0v) is 36.4. The monoisotopic (exact) mass is 906 g/mol. The van der Waals surface area contributed by atoms with Gasteiger partial charge in [0.05, 0.1) is 108 Å². The van der Waals surface area contributed by atoms with Crippen LogP contribution in [0.4, 0.5) is 0 Å². The summed E-state index contributed by atoms with van der Waals surface area (Å²) in [6.45, 7) is 5.17. The molecular formula is C43H58N2O17S. The predicted octanol–water partition coefficient (Wildman–Crippen LogP) is 0.953. The number of carbonyl (C=O) groups is 5. The average molecular weight is 907 g/mol. The smallest absolute Gasteiger partial charge is 0.220 e. The van der Waals surface area contributed by atoms with Crippen molar-refractivity contribution in [2.75, 3.05) is 92.1 Å². The van der Waals surface area contributed by atoms with E-state index in [1.807, 2.05) is 0 Å². The number of Topliss-reactive ketones (excluding diaryl/α,β-unsaturated/α-hetero) is 1. The van der Waals surface area contributed by atoms with Crippen LogP contribution in [0.5, 0.6) is 17.2 Å². The molecule has 0 radical (unpaired) electrons. The minimum Gasteiger partial charge on any atom is -0.507 e. The molecule has 1 aliphatic heterocycles. The quantitative estimate of drug-likeness (QED) is 0.0336. The number of benzene rings is 2. The van der Waals surface area contributed by atoms with Crippen LogP contribution in [0.1, 0.15) is 81.7 Å². The molecule has 0 saturated carbocycles. The van der Waals surface area contributed by atoms with Gasteiger partial charge in [-0.3, -0.25) is 24.0 Å². The fourth-order valence-corrected chi connectivity index (χ4v) is 7.87. The zero-order valence-electron chi connectivity index (χ0n) is 35.5. The Hall–Kier alpha value is -4.22. The van der Waals surface area contributed by atoms with E-state index >= 15 is 0 Å². The number of thiol groups is 1. The number of aliphatic hydroxyl groups is 2. The Bertz CT molecular complexity index is 1910. The second kappa shape index (κ2) is 24.7. The first-order valence-electron chi connectivity index (χ1n) is 21.0. The highest BCUT2D eigenvalue weighted by Gasteiger charge is 2.45. The van der Waals surface area contributed by atoms with Crippen molar-refractivity contribution in [1.82, 2.24) is 10.6 Å². The SMILES string of the molecule is COc1cccc2c1C(=O)c1c(O)c3c(c(O)c1C2=O)CC(C(=O)CO)C[C@@H]3O[C@H]1CC(NC(=O)CCC(=O)NCCOCCOCCOCCOCCOCCS)C(O)C(C)O1. The average Bonchev–Trinajstić information content (AvgIpc) is 3.27. The van der Waals surface area contributed by atoms with Crippen LogP contribution in [0, 0.1) is 5.92 Å². The Labute approximate surface area is 370 Å². The van der Waals surface area contributed by atoms with Crippen LogP contribution >= 0.6 is 12.6 Å². The molecule has 2 aromatic carbocycles. The number of phenols is 2. The lowest BCUT2D eigenvalue weighted by molar-refractivity contribution is -0.245. The van der Waals surface area contributed by atoms with Crippen molar-refractivity contribution in [2.45, 2.75) is 69.7 Å². The Kier molecular flexibility index (Phi) is 19.5. The molecule has 3 aliphatic rings. The molecule has 1 saturated heterocycles. The summed E-state index contributed by atoms with van der Waals surface area (Å²) in [5.41, 5.74) is -1.05. The number of phenolic OH excluding ortho intramolecular Hbond substituents is 2. The van der Waals surface area contributed by atoms with Gasteiger partial charge in [0.2, 0.25) is 17.6 Å². The van der Waals surface area contributed by atoms with Gasteiger partial charge >= 0.3 is 0 Å². The molecule has 0 bridgehead atoms. The van der Waals surface area contributed by atoms with Crippen LogP contribution in [0.15, 0.2) is 18.2 Å². The van der Waals surface area contributed by atoms with Crippen LogP contribution in [0.25, 0.3) is 0 Å². The maximum atomic E-state index is 13.9. The molecule has 6 atom stereocenters. The molecule has 19 nitrogen and oxygen atoms in total. The number of nitrogens with one attached hydrogen (secondary N) is 2. The normalized spacial score (nSPS) is 21.6.